The van der Waals surface area contributed by atoms with Crippen LogP contribution >= 0.6 is 11.6 Å². The molecule has 1 aliphatic carbocycles. The van der Waals surface area contributed by atoms with Gasteiger partial charge in [-0.2, -0.15) is 0 Å². The van der Waals surface area contributed by atoms with Gasteiger partial charge in [0.05, 0.1) is 11.5 Å². The molecule has 0 saturated heterocycles. The predicted molar refractivity (Wildman–Crippen MR) is 152 cm³/mol. The third kappa shape index (κ3) is 6.19. The molecule has 0 bridgehead atoms. The molecule has 1 aliphatic rings. The first-order valence-corrected chi connectivity index (χ1v) is 13.4. The molecule has 4 rings (SSSR count). The van der Waals surface area contributed by atoms with Crippen molar-refractivity contribution in [3.63, 3.8) is 0 Å². The lowest BCUT2D eigenvalue weighted by atomic mass is 9.62. The van der Waals surface area contributed by atoms with E-state index in [0.29, 0.717) is 22.8 Å². The van der Waals surface area contributed by atoms with Gasteiger partial charge in [0, 0.05) is 5.02 Å². The average Bonchev–Trinajstić information content (AvgIpc) is 2.90. The number of esters is 2. The number of hydrogen-bond acceptors (Lipinski definition) is 4. The van der Waals surface area contributed by atoms with E-state index < -0.39 is 11.9 Å². The van der Waals surface area contributed by atoms with Crippen molar-refractivity contribution in [3.8, 4) is 5.75 Å². The number of benzene rings is 3. The van der Waals surface area contributed by atoms with Crippen molar-refractivity contribution >= 4 is 23.5 Å². The molecular weight excluding hydrogens is 496 g/mol. The van der Waals surface area contributed by atoms with Crippen molar-refractivity contribution in [1.29, 1.82) is 0 Å². The lowest BCUT2D eigenvalue weighted by Crippen LogP contribution is -2.34. The van der Waals surface area contributed by atoms with Crippen LogP contribution in [0.4, 0.5) is 0 Å². The third-order valence-electron chi connectivity index (χ3n) is 7.56. The van der Waals surface area contributed by atoms with Gasteiger partial charge in [0.1, 0.15) is 12.4 Å². The fourth-order valence-corrected chi connectivity index (χ4v) is 5.21. The normalized spacial score (nSPS) is 16.1. The summed E-state index contributed by atoms with van der Waals surface area (Å²) in [5, 5.41) is 0.650. The first kappa shape index (κ1) is 27.7. The van der Waals surface area contributed by atoms with Crippen LogP contribution in [0.2, 0.25) is 5.02 Å². The summed E-state index contributed by atoms with van der Waals surface area (Å²) in [4.78, 5) is 25.7. The molecule has 0 aliphatic heterocycles. The molecular formula is C33H35ClO4. The van der Waals surface area contributed by atoms with Crippen LogP contribution in [0.15, 0.2) is 79.4 Å². The van der Waals surface area contributed by atoms with Crippen LogP contribution in [0.25, 0.3) is 0 Å². The highest BCUT2D eigenvalue weighted by Gasteiger charge is 2.38. The van der Waals surface area contributed by atoms with E-state index in [2.05, 4.69) is 52.5 Å². The van der Waals surface area contributed by atoms with Gasteiger partial charge in [0.25, 0.3) is 0 Å². The average molecular weight is 531 g/mol. The summed E-state index contributed by atoms with van der Waals surface area (Å²) in [6.07, 6.45) is 4.20. The van der Waals surface area contributed by atoms with Crippen LogP contribution in [0.3, 0.4) is 0 Å². The summed E-state index contributed by atoms with van der Waals surface area (Å²) < 4.78 is 10.9. The summed E-state index contributed by atoms with van der Waals surface area (Å²) in [6, 6.07) is 20.4. The molecule has 38 heavy (non-hydrogen) atoms. The predicted octanol–water partition coefficient (Wildman–Crippen LogP) is 7.96. The fraction of sp³-hybridized carbons (Fsp3) is 0.333. The number of ether oxygens (including phenoxy) is 2. The Hall–Kier alpha value is -3.37. The quantitative estimate of drug-likeness (QED) is 0.168. The molecule has 1 unspecified atom stereocenters. The van der Waals surface area contributed by atoms with Crippen LogP contribution in [0.5, 0.6) is 5.75 Å². The molecule has 3 aromatic rings. The van der Waals surface area contributed by atoms with Crippen LogP contribution in [-0.4, -0.2) is 18.5 Å². The van der Waals surface area contributed by atoms with Crippen molar-refractivity contribution in [2.24, 2.45) is 0 Å². The van der Waals surface area contributed by atoms with E-state index in [0.717, 1.165) is 24.0 Å². The molecule has 1 atom stereocenters. The number of carbonyl (C=O) groups is 2. The summed E-state index contributed by atoms with van der Waals surface area (Å²) in [7, 11) is 0. The molecule has 0 heterocycles. The highest BCUT2D eigenvalue weighted by molar-refractivity contribution is 6.30. The number of rotatable bonds is 8. The molecule has 0 fully saturated rings. The SMILES string of the molecule is C=CCOC(=O)c1ccc(OC(=O)C(Cc2ccc(Cl)cc2)c2ccc3c(c2)C(C)(C)CCC3(C)C)cc1. The van der Waals surface area contributed by atoms with Gasteiger partial charge in [-0.15, -0.1) is 0 Å². The fourth-order valence-electron chi connectivity index (χ4n) is 5.08. The molecule has 0 radical (unpaired) electrons. The van der Waals surface area contributed by atoms with Crippen molar-refractivity contribution in [2.75, 3.05) is 6.61 Å². The van der Waals surface area contributed by atoms with Crippen LogP contribution in [-0.2, 0) is 26.8 Å². The Labute approximate surface area is 230 Å². The van der Waals surface area contributed by atoms with Gasteiger partial charge in [-0.25, -0.2) is 4.79 Å². The molecule has 198 valence electrons. The van der Waals surface area contributed by atoms with Crippen molar-refractivity contribution in [1.82, 2.24) is 0 Å². The monoisotopic (exact) mass is 530 g/mol. The van der Waals surface area contributed by atoms with Gasteiger partial charge in [0.2, 0.25) is 0 Å². The zero-order valence-corrected chi connectivity index (χ0v) is 23.3. The molecule has 0 aromatic heterocycles. The Balaban J connectivity index is 1.65. The molecule has 3 aromatic carbocycles. The van der Waals surface area contributed by atoms with Gasteiger partial charge in [0.15, 0.2) is 0 Å². The smallest absolute Gasteiger partial charge is 0.338 e. The third-order valence-corrected chi connectivity index (χ3v) is 7.81. The molecule has 0 saturated carbocycles. The van der Waals surface area contributed by atoms with E-state index in [1.165, 1.54) is 17.2 Å². The maximum absolute atomic E-state index is 13.7. The zero-order valence-electron chi connectivity index (χ0n) is 22.6. The zero-order chi connectivity index (χ0) is 27.5. The van der Waals surface area contributed by atoms with Crippen molar-refractivity contribution in [2.45, 2.75) is 63.7 Å². The molecule has 0 N–H and O–H groups in total. The van der Waals surface area contributed by atoms with Gasteiger partial charge in [-0.05, 0) is 88.7 Å². The Kier molecular flexibility index (Phi) is 8.13. The maximum Gasteiger partial charge on any atom is 0.338 e. The van der Waals surface area contributed by atoms with Crippen molar-refractivity contribution < 1.29 is 19.1 Å². The Morgan fingerprint density at radius 3 is 2.18 bits per heavy atom. The van der Waals surface area contributed by atoms with Gasteiger partial charge >= 0.3 is 11.9 Å². The van der Waals surface area contributed by atoms with Crippen LogP contribution < -0.4 is 4.74 Å². The lowest BCUT2D eigenvalue weighted by Gasteiger charge is -2.42. The van der Waals surface area contributed by atoms with Gasteiger partial charge < -0.3 is 9.47 Å². The van der Waals surface area contributed by atoms with E-state index in [1.807, 2.05) is 24.3 Å². The summed E-state index contributed by atoms with van der Waals surface area (Å²) >= 11 is 6.11. The molecule has 5 heteroatoms. The minimum absolute atomic E-state index is 0.0195. The van der Waals surface area contributed by atoms with Gasteiger partial charge in [-0.1, -0.05) is 82.3 Å². The second-order valence-electron chi connectivity index (χ2n) is 11.3. The summed E-state index contributed by atoms with van der Waals surface area (Å²) in [5.41, 5.74) is 5.05. The van der Waals surface area contributed by atoms with Crippen LogP contribution in [0, 0.1) is 0 Å². The first-order valence-electron chi connectivity index (χ1n) is 13.0. The van der Waals surface area contributed by atoms with E-state index in [-0.39, 0.29) is 23.4 Å². The second-order valence-corrected chi connectivity index (χ2v) is 11.7. The number of carbonyl (C=O) groups excluding carboxylic acids is 2. The molecule has 0 spiro atoms. The summed E-state index contributed by atoms with van der Waals surface area (Å²) in [6.45, 7) is 12.8. The van der Waals surface area contributed by atoms with E-state index >= 15 is 0 Å². The van der Waals surface area contributed by atoms with E-state index in [9.17, 15) is 9.59 Å². The lowest BCUT2D eigenvalue weighted by molar-refractivity contribution is -0.136. The van der Waals surface area contributed by atoms with Crippen molar-refractivity contribution in [3.05, 3.63) is 112 Å². The number of fused-ring (bicyclic) bond motifs is 1. The highest BCUT2D eigenvalue weighted by atomic mass is 35.5. The standard InChI is InChI=1S/C33H35ClO4/c1-6-19-37-30(35)23-9-14-26(15-10-23)38-31(36)27(20-22-7-12-25(34)13-8-22)24-11-16-28-29(21-24)33(4,5)18-17-32(28,2)3/h6-16,21,27H,1,17-20H2,2-5H3. The highest BCUT2D eigenvalue weighted by Crippen LogP contribution is 2.46. The molecule has 0 amide bonds. The number of halogens is 1. The topological polar surface area (TPSA) is 52.6 Å². The maximum atomic E-state index is 13.7. The molecule has 4 nitrogen and oxygen atoms in total. The van der Waals surface area contributed by atoms with Crippen LogP contribution in [0.1, 0.15) is 79.1 Å². The second kappa shape index (κ2) is 11.2. The minimum atomic E-state index is -0.514. The minimum Gasteiger partial charge on any atom is -0.458 e. The van der Waals surface area contributed by atoms with E-state index in [4.69, 9.17) is 21.1 Å². The summed E-state index contributed by atoms with van der Waals surface area (Å²) in [5.74, 6) is -0.951. The Morgan fingerprint density at radius 1 is 0.921 bits per heavy atom. The Bertz CT molecular complexity index is 1320. The number of hydrogen-bond donors (Lipinski definition) is 0. The largest absolute Gasteiger partial charge is 0.458 e. The van der Waals surface area contributed by atoms with Gasteiger partial charge in [-0.3, -0.25) is 4.79 Å². The first-order chi connectivity index (χ1) is 18.0. The Morgan fingerprint density at radius 2 is 1.55 bits per heavy atom. The van der Waals surface area contributed by atoms with E-state index in [1.54, 1.807) is 24.3 Å².